The van der Waals surface area contributed by atoms with Crippen molar-refractivity contribution in [2.75, 3.05) is 20.3 Å². The fourth-order valence-corrected chi connectivity index (χ4v) is 1.97. The van der Waals surface area contributed by atoms with Crippen LogP contribution < -0.4 is 19.6 Å². The van der Waals surface area contributed by atoms with Gasteiger partial charge in [-0.3, -0.25) is 4.79 Å². The highest BCUT2D eigenvalue weighted by Gasteiger charge is 2.06. The van der Waals surface area contributed by atoms with Crippen LogP contribution in [0.25, 0.3) is 0 Å². The van der Waals surface area contributed by atoms with Crippen molar-refractivity contribution in [3.63, 3.8) is 0 Å². The van der Waals surface area contributed by atoms with E-state index in [1.54, 1.807) is 30.3 Å². The lowest BCUT2D eigenvalue weighted by molar-refractivity contribution is -0.123. The van der Waals surface area contributed by atoms with Crippen LogP contribution in [0.4, 0.5) is 0 Å². The molecule has 0 aliphatic rings. The Balaban J connectivity index is 1.87. The molecule has 7 nitrogen and oxygen atoms in total. The second kappa shape index (κ2) is 9.17. The average molecular weight is 344 g/mol. The maximum Gasteiger partial charge on any atom is 0.277 e. The number of rotatable bonds is 8. The SMILES string of the molecule is CCOc1ccccc1OCC(=O)N/N=C\c1ccc(O)c(OC)c1. The summed E-state index contributed by atoms with van der Waals surface area (Å²) < 4.78 is 15.9. The van der Waals surface area contributed by atoms with Gasteiger partial charge < -0.3 is 19.3 Å². The Bertz CT molecular complexity index is 746. The summed E-state index contributed by atoms with van der Waals surface area (Å²) in [6.07, 6.45) is 1.44. The molecule has 25 heavy (non-hydrogen) atoms. The van der Waals surface area contributed by atoms with Gasteiger partial charge in [-0.1, -0.05) is 12.1 Å². The number of methoxy groups -OCH3 is 1. The number of para-hydroxylation sites is 2. The van der Waals surface area contributed by atoms with E-state index in [1.165, 1.54) is 19.4 Å². The minimum atomic E-state index is -0.409. The van der Waals surface area contributed by atoms with E-state index in [4.69, 9.17) is 14.2 Å². The van der Waals surface area contributed by atoms with Crippen LogP contribution in [0.3, 0.4) is 0 Å². The Morgan fingerprint density at radius 3 is 2.56 bits per heavy atom. The van der Waals surface area contributed by atoms with E-state index in [1.807, 2.05) is 13.0 Å². The van der Waals surface area contributed by atoms with Crippen molar-refractivity contribution < 1.29 is 24.1 Å². The molecule has 7 heteroatoms. The van der Waals surface area contributed by atoms with Crippen LogP contribution in [0, 0.1) is 0 Å². The second-order valence-corrected chi connectivity index (χ2v) is 4.89. The van der Waals surface area contributed by atoms with Gasteiger partial charge >= 0.3 is 0 Å². The van der Waals surface area contributed by atoms with Crippen LogP contribution in [-0.4, -0.2) is 37.6 Å². The number of hydrazone groups is 1. The molecule has 0 aliphatic heterocycles. The Hall–Kier alpha value is -3.22. The lowest BCUT2D eigenvalue weighted by Gasteiger charge is -2.10. The zero-order valence-corrected chi connectivity index (χ0v) is 14.1. The van der Waals surface area contributed by atoms with Gasteiger partial charge in [0.2, 0.25) is 0 Å². The summed E-state index contributed by atoms with van der Waals surface area (Å²) in [6, 6.07) is 11.8. The quantitative estimate of drug-likeness (QED) is 0.567. The summed E-state index contributed by atoms with van der Waals surface area (Å²) in [5.41, 5.74) is 3.03. The molecule has 0 aromatic heterocycles. The average Bonchev–Trinajstić information content (AvgIpc) is 2.62. The van der Waals surface area contributed by atoms with E-state index in [0.717, 1.165) is 0 Å². The number of carbonyl (C=O) groups excluding carboxylic acids is 1. The fraction of sp³-hybridized carbons (Fsp3) is 0.222. The summed E-state index contributed by atoms with van der Waals surface area (Å²) in [5.74, 6) is 1.02. The van der Waals surface area contributed by atoms with Gasteiger partial charge in [0.25, 0.3) is 5.91 Å². The monoisotopic (exact) mass is 344 g/mol. The van der Waals surface area contributed by atoms with Gasteiger partial charge in [-0.25, -0.2) is 5.43 Å². The van der Waals surface area contributed by atoms with E-state index in [0.29, 0.717) is 29.4 Å². The molecule has 0 radical (unpaired) electrons. The van der Waals surface area contributed by atoms with Crippen molar-refractivity contribution in [2.45, 2.75) is 6.92 Å². The Morgan fingerprint density at radius 1 is 1.16 bits per heavy atom. The van der Waals surface area contributed by atoms with Gasteiger partial charge in [0.05, 0.1) is 19.9 Å². The van der Waals surface area contributed by atoms with Crippen LogP contribution in [0.5, 0.6) is 23.0 Å². The zero-order chi connectivity index (χ0) is 18.1. The van der Waals surface area contributed by atoms with Crippen molar-refractivity contribution in [3.8, 4) is 23.0 Å². The molecule has 2 rings (SSSR count). The molecule has 0 atom stereocenters. The number of carbonyl (C=O) groups is 1. The Kier molecular flexibility index (Phi) is 6.65. The molecule has 0 saturated carbocycles. The Labute approximate surface area is 145 Å². The largest absolute Gasteiger partial charge is 0.504 e. The normalized spacial score (nSPS) is 10.5. The topological polar surface area (TPSA) is 89.4 Å². The number of ether oxygens (including phenoxy) is 3. The molecule has 0 unspecified atom stereocenters. The van der Waals surface area contributed by atoms with E-state index in [-0.39, 0.29) is 12.4 Å². The Morgan fingerprint density at radius 2 is 1.88 bits per heavy atom. The first-order valence-corrected chi connectivity index (χ1v) is 7.67. The molecule has 0 heterocycles. The van der Waals surface area contributed by atoms with Gasteiger partial charge in [-0.15, -0.1) is 0 Å². The maximum atomic E-state index is 11.8. The minimum absolute atomic E-state index is 0.0325. The fourth-order valence-electron chi connectivity index (χ4n) is 1.97. The molecule has 2 aromatic carbocycles. The van der Waals surface area contributed by atoms with E-state index < -0.39 is 5.91 Å². The highest BCUT2D eigenvalue weighted by atomic mass is 16.5. The number of benzene rings is 2. The van der Waals surface area contributed by atoms with Crippen LogP contribution in [0.15, 0.2) is 47.6 Å². The number of hydrogen-bond acceptors (Lipinski definition) is 6. The van der Waals surface area contributed by atoms with Gasteiger partial charge in [-0.05, 0) is 42.8 Å². The van der Waals surface area contributed by atoms with Crippen LogP contribution >= 0.6 is 0 Å². The van der Waals surface area contributed by atoms with E-state index in [9.17, 15) is 9.90 Å². The summed E-state index contributed by atoms with van der Waals surface area (Å²) in [4.78, 5) is 11.8. The lowest BCUT2D eigenvalue weighted by Crippen LogP contribution is -2.24. The smallest absolute Gasteiger partial charge is 0.277 e. The molecular formula is C18H20N2O5. The van der Waals surface area contributed by atoms with E-state index in [2.05, 4.69) is 10.5 Å². The van der Waals surface area contributed by atoms with Gasteiger partial charge in [0.1, 0.15) is 0 Å². The highest BCUT2D eigenvalue weighted by molar-refractivity contribution is 5.83. The number of phenols is 1. The summed E-state index contributed by atoms with van der Waals surface area (Å²) in [7, 11) is 1.45. The van der Waals surface area contributed by atoms with Crippen molar-refractivity contribution in [2.24, 2.45) is 5.10 Å². The summed E-state index contributed by atoms with van der Waals surface area (Å²) >= 11 is 0. The number of hydrogen-bond donors (Lipinski definition) is 2. The molecule has 0 fully saturated rings. The highest BCUT2D eigenvalue weighted by Crippen LogP contribution is 2.26. The van der Waals surface area contributed by atoms with Crippen LogP contribution in [-0.2, 0) is 4.79 Å². The molecule has 132 valence electrons. The molecular weight excluding hydrogens is 324 g/mol. The molecule has 0 spiro atoms. The van der Waals surface area contributed by atoms with Crippen LogP contribution in [0.1, 0.15) is 12.5 Å². The molecule has 0 saturated heterocycles. The van der Waals surface area contributed by atoms with E-state index >= 15 is 0 Å². The first kappa shape index (κ1) is 18.1. The van der Waals surface area contributed by atoms with Crippen molar-refractivity contribution in [1.29, 1.82) is 0 Å². The van der Waals surface area contributed by atoms with Gasteiger partial charge in [0, 0.05) is 0 Å². The van der Waals surface area contributed by atoms with Crippen molar-refractivity contribution in [3.05, 3.63) is 48.0 Å². The lowest BCUT2D eigenvalue weighted by atomic mass is 10.2. The van der Waals surface area contributed by atoms with Crippen molar-refractivity contribution in [1.82, 2.24) is 5.43 Å². The molecule has 1 amide bonds. The van der Waals surface area contributed by atoms with Crippen molar-refractivity contribution >= 4 is 12.1 Å². The first-order valence-electron chi connectivity index (χ1n) is 7.67. The predicted molar refractivity (Wildman–Crippen MR) is 93.5 cm³/mol. The third kappa shape index (κ3) is 5.42. The summed E-state index contributed by atoms with van der Waals surface area (Å²) in [5, 5.41) is 13.4. The van der Waals surface area contributed by atoms with Crippen LogP contribution in [0.2, 0.25) is 0 Å². The number of nitrogens with one attached hydrogen (secondary N) is 1. The van der Waals surface area contributed by atoms with Gasteiger partial charge in [0.15, 0.2) is 29.6 Å². The second-order valence-electron chi connectivity index (χ2n) is 4.89. The third-order valence-corrected chi connectivity index (χ3v) is 3.11. The number of phenolic OH excluding ortho intramolecular Hbond substituents is 1. The molecule has 0 aliphatic carbocycles. The first-order chi connectivity index (χ1) is 12.1. The summed E-state index contributed by atoms with van der Waals surface area (Å²) in [6.45, 7) is 2.18. The molecule has 0 bridgehead atoms. The standard InChI is InChI=1S/C18H20N2O5/c1-3-24-15-6-4-5-7-16(15)25-12-18(22)20-19-11-13-8-9-14(21)17(10-13)23-2/h4-11,21H,3,12H2,1-2H3,(H,20,22)/b19-11-. The maximum absolute atomic E-state index is 11.8. The predicted octanol–water partition coefficient (Wildman–Crippen LogP) is 2.33. The zero-order valence-electron chi connectivity index (χ0n) is 14.1. The third-order valence-electron chi connectivity index (χ3n) is 3.11. The number of nitrogens with zero attached hydrogens (tertiary/aromatic N) is 1. The minimum Gasteiger partial charge on any atom is -0.504 e. The molecule has 2 N–H and O–H groups in total. The number of aromatic hydroxyl groups is 1. The molecule has 2 aromatic rings. The number of amides is 1. The van der Waals surface area contributed by atoms with Gasteiger partial charge in [-0.2, -0.15) is 5.10 Å².